The van der Waals surface area contributed by atoms with Crippen LogP contribution in [0, 0.1) is 0 Å². The summed E-state index contributed by atoms with van der Waals surface area (Å²) in [4.78, 5) is 12.4. The van der Waals surface area contributed by atoms with Crippen molar-refractivity contribution in [1.82, 2.24) is 0 Å². The molecule has 0 aromatic heterocycles. The fourth-order valence-electron chi connectivity index (χ4n) is 2.64. The van der Waals surface area contributed by atoms with Gasteiger partial charge in [0.1, 0.15) is 5.75 Å². The van der Waals surface area contributed by atoms with E-state index in [1.807, 2.05) is 6.92 Å². The van der Waals surface area contributed by atoms with E-state index in [1.165, 1.54) is 31.3 Å². The van der Waals surface area contributed by atoms with Gasteiger partial charge in [0.25, 0.3) is 5.91 Å². The second-order valence-electron chi connectivity index (χ2n) is 6.72. The van der Waals surface area contributed by atoms with Crippen molar-refractivity contribution in [3.8, 4) is 5.75 Å². The van der Waals surface area contributed by atoms with E-state index >= 15 is 0 Å². The third-order valence-corrected chi connectivity index (χ3v) is 4.32. The maximum Gasteiger partial charge on any atom is 0.418 e. The van der Waals surface area contributed by atoms with E-state index in [0.29, 0.717) is 24.6 Å². The fourth-order valence-corrected chi connectivity index (χ4v) is 2.64. The van der Waals surface area contributed by atoms with Crippen LogP contribution in [0.4, 0.5) is 24.5 Å². The van der Waals surface area contributed by atoms with Gasteiger partial charge in [-0.15, -0.1) is 0 Å². The van der Waals surface area contributed by atoms with E-state index in [0.717, 1.165) is 31.7 Å². The first-order valence-electron chi connectivity index (χ1n) is 10.4. The Morgan fingerprint density at radius 3 is 2.23 bits per heavy atom. The Hall–Kier alpha value is -2.74. The largest absolute Gasteiger partial charge is 0.494 e. The Kier molecular flexibility index (Phi) is 11.5. The quantitative estimate of drug-likeness (QED) is 0.402. The Balaban J connectivity index is 0.00000233. The molecule has 0 radical (unpaired) electrons. The normalized spacial score (nSPS) is 10.7. The number of unbranched alkanes of at least 4 members (excludes halogenated alkanes) is 2. The average molecular weight is 440 g/mol. The van der Waals surface area contributed by atoms with Gasteiger partial charge in [0, 0.05) is 17.8 Å². The molecule has 0 aliphatic heterocycles. The summed E-state index contributed by atoms with van der Waals surface area (Å²) in [5, 5.41) is 5.34. The van der Waals surface area contributed by atoms with Crippen molar-refractivity contribution in [2.75, 3.05) is 30.8 Å². The van der Waals surface area contributed by atoms with Crippen molar-refractivity contribution in [3.05, 3.63) is 53.6 Å². The molecule has 0 spiro atoms. The molecule has 0 saturated carbocycles. The SMILES string of the molecule is CCCCNc1ccc(NC(=O)c2ccc(OCCCC)cc2)c(C(F)(F)F)c1.CN. The Morgan fingerprint density at radius 2 is 1.65 bits per heavy atom. The molecule has 2 aromatic rings. The smallest absolute Gasteiger partial charge is 0.418 e. The predicted molar refractivity (Wildman–Crippen MR) is 120 cm³/mol. The lowest BCUT2D eigenvalue weighted by atomic mass is 10.1. The van der Waals surface area contributed by atoms with Crippen molar-refractivity contribution < 1.29 is 22.7 Å². The molecule has 0 atom stereocenters. The number of carbonyl (C=O) groups is 1. The zero-order valence-electron chi connectivity index (χ0n) is 18.3. The maximum absolute atomic E-state index is 13.5. The van der Waals surface area contributed by atoms with Gasteiger partial charge >= 0.3 is 6.18 Å². The van der Waals surface area contributed by atoms with Crippen LogP contribution in [0.3, 0.4) is 0 Å². The molecule has 0 unspecified atom stereocenters. The van der Waals surface area contributed by atoms with E-state index < -0.39 is 17.6 Å². The highest BCUT2D eigenvalue weighted by atomic mass is 19.4. The number of hydrogen-bond donors (Lipinski definition) is 3. The second kappa shape index (κ2) is 13.5. The van der Waals surface area contributed by atoms with Crippen molar-refractivity contribution in [2.45, 2.75) is 45.7 Å². The second-order valence-corrected chi connectivity index (χ2v) is 6.72. The number of rotatable bonds is 10. The number of halogens is 3. The summed E-state index contributed by atoms with van der Waals surface area (Å²) in [6, 6.07) is 10.2. The van der Waals surface area contributed by atoms with Crippen molar-refractivity contribution in [1.29, 1.82) is 0 Å². The van der Waals surface area contributed by atoms with Crippen LogP contribution in [0.25, 0.3) is 0 Å². The molecular formula is C23H32F3N3O2. The minimum atomic E-state index is -4.58. The van der Waals surface area contributed by atoms with Crippen LogP contribution < -0.4 is 21.1 Å². The molecule has 0 aliphatic carbocycles. The molecule has 0 bridgehead atoms. The van der Waals surface area contributed by atoms with Gasteiger partial charge in [0.2, 0.25) is 0 Å². The van der Waals surface area contributed by atoms with Crippen molar-refractivity contribution in [2.24, 2.45) is 5.73 Å². The molecule has 5 nitrogen and oxygen atoms in total. The van der Waals surface area contributed by atoms with Crippen LogP contribution in [0.1, 0.15) is 55.5 Å². The number of hydrogen-bond acceptors (Lipinski definition) is 4. The van der Waals surface area contributed by atoms with E-state index in [-0.39, 0.29) is 11.3 Å². The lowest BCUT2D eigenvalue weighted by molar-refractivity contribution is -0.136. The summed E-state index contributed by atoms with van der Waals surface area (Å²) in [7, 11) is 1.50. The molecule has 2 rings (SSSR count). The minimum absolute atomic E-state index is 0.256. The summed E-state index contributed by atoms with van der Waals surface area (Å²) >= 11 is 0. The molecule has 8 heteroatoms. The Morgan fingerprint density at radius 1 is 1.00 bits per heavy atom. The standard InChI is InChI=1S/C22H27F3N2O2.CH5N/c1-3-5-13-26-17-9-12-20(19(15-17)22(23,24)25)27-21(28)16-7-10-18(11-8-16)29-14-6-4-2;1-2/h7-12,15,26H,3-6,13-14H2,1-2H3,(H,27,28);2H2,1H3. The molecule has 1 amide bonds. The first kappa shape index (κ1) is 26.3. The lowest BCUT2D eigenvalue weighted by Crippen LogP contribution is -2.17. The summed E-state index contributed by atoms with van der Waals surface area (Å²) in [6.45, 7) is 5.23. The number of ether oxygens (including phenoxy) is 1. The van der Waals surface area contributed by atoms with Gasteiger partial charge in [0.05, 0.1) is 17.9 Å². The molecule has 4 N–H and O–H groups in total. The van der Waals surface area contributed by atoms with Gasteiger partial charge in [-0.3, -0.25) is 4.79 Å². The number of amides is 1. The van der Waals surface area contributed by atoms with Crippen LogP contribution in [0.2, 0.25) is 0 Å². The van der Waals surface area contributed by atoms with Crippen LogP contribution in [0.5, 0.6) is 5.75 Å². The Labute approximate surface area is 182 Å². The average Bonchev–Trinajstić information content (AvgIpc) is 2.76. The predicted octanol–water partition coefficient (Wildman–Crippen LogP) is 5.92. The van der Waals surface area contributed by atoms with E-state index in [4.69, 9.17) is 4.74 Å². The minimum Gasteiger partial charge on any atom is -0.494 e. The summed E-state index contributed by atoms with van der Waals surface area (Å²) < 4.78 is 46.0. The van der Waals surface area contributed by atoms with Crippen LogP contribution >= 0.6 is 0 Å². The zero-order valence-corrected chi connectivity index (χ0v) is 18.3. The molecule has 0 heterocycles. The molecule has 0 fully saturated rings. The number of benzene rings is 2. The van der Waals surface area contributed by atoms with Crippen molar-refractivity contribution >= 4 is 17.3 Å². The molecule has 0 aliphatic rings. The molecule has 0 saturated heterocycles. The molecule has 2 aromatic carbocycles. The Bertz CT molecular complexity index is 794. The number of nitrogens with one attached hydrogen (secondary N) is 2. The summed E-state index contributed by atoms with van der Waals surface area (Å²) in [6.07, 6.45) is -0.851. The first-order valence-corrected chi connectivity index (χ1v) is 10.4. The highest BCUT2D eigenvalue weighted by molar-refractivity contribution is 6.04. The highest BCUT2D eigenvalue weighted by Crippen LogP contribution is 2.36. The number of alkyl halides is 3. The summed E-state index contributed by atoms with van der Waals surface area (Å²) in [5.74, 6) is 0.00999. The van der Waals surface area contributed by atoms with Crippen molar-refractivity contribution in [3.63, 3.8) is 0 Å². The third kappa shape index (κ3) is 8.88. The van der Waals surface area contributed by atoms with Gasteiger partial charge in [0.15, 0.2) is 0 Å². The zero-order chi connectivity index (χ0) is 23.3. The summed E-state index contributed by atoms with van der Waals surface area (Å²) in [5.41, 5.74) is 3.97. The number of nitrogens with two attached hydrogens (primary N) is 1. The van der Waals surface area contributed by atoms with Crippen LogP contribution in [0.15, 0.2) is 42.5 Å². The molecule has 172 valence electrons. The van der Waals surface area contributed by atoms with E-state index in [1.54, 1.807) is 12.1 Å². The fraction of sp³-hybridized carbons (Fsp3) is 0.435. The first-order chi connectivity index (χ1) is 14.8. The van der Waals surface area contributed by atoms with Gasteiger partial charge < -0.3 is 21.1 Å². The molecule has 31 heavy (non-hydrogen) atoms. The van der Waals surface area contributed by atoms with Gasteiger partial charge in [-0.1, -0.05) is 26.7 Å². The molecular weight excluding hydrogens is 407 g/mol. The van der Waals surface area contributed by atoms with Crippen LogP contribution in [-0.4, -0.2) is 26.1 Å². The monoisotopic (exact) mass is 439 g/mol. The number of carbonyl (C=O) groups excluding carboxylic acids is 1. The topological polar surface area (TPSA) is 76.4 Å². The maximum atomic E-state index is 13.5. The van der Waals surface area contributed by atoms with Gasteiger partial charge in [-0.25, -0.2) is 0 Å². The third-order valence-electron chi connectivity index (χ3n) is 4.32. The lowest BCUT2D eigenvalue weighted by Gasteiger charge is -2.16. The van der Waals surface area contributed by atoms with Gasteiger partial charge in [-0.2, -0.15) is 13.2 Å². The van der Waals surface area contributed by atoms with E-state index in [2.05, 4.69) is 23.3 Å². The highest BCUT2D eigenvalue weighted by Gasteiger charge is 2.34. The van der Waals surface area contributed by atoms with Crippen LogP contribution in [-0.2, 0) is 6.18 Å². The number of anilines is 2. The van der Waals surface area contributed by atoms with E-state index in [9.17, 15) is 18.0 Å². The van der Waals surface area contributed by atoms with Gasteiger partial charge in [-0.05, 0) is 62.4 Å².